The molecule has 2 nitrogen and oxygen atoms in total. The van der Waals surface area contributed by atoms with Crippen LogP contribution in [0.3, 0.4) is 0 Å². The van der Waals surface area contributed by atoms with Gasteiger partial charge in [-0.2, -0.15) is 0 Å². The Kier molecular flexibility index (Phi) is 3.12. The molecule has 0 aromatic heterocycles. The maximum Gasteiger partial charge on any atom is 0.133 e. The molecule has 1 aromatic carbocycles. The summed E-state index contributed by atoms with van der Waals surface area (Å²) < 4.78 is 6.08. The maximum absolute atomic E-state index is 5.75. The van der Waals surface area contributed by atoms with E-state index in [9.17, 15) is 0 Å². The van der Waals surface area contributed by atoms with Crippen LogP contribution in [0, 0.1) is 0 Å². The number of ether oxygens (including phenoxy) is 1. The van der Waals surface area contributed by atoms with Crippen LogP contribution in [0.4, 0.5) is 0 Å². The lowest BCUT2D eigenvalue weighted by Crippen LogP contribution is -2.06. The van der Waals surface area contributed by atoms with Crippen molar-refractivity contribution >= 4 is 15.9 Å². The van der Waals surface area contributed by atoms with Gasteiger partial charge in [0.15, 0.2) is 0 Å². The van der Waals surface area contributed by atoms with Crippen LogP contribution in [-0.4, -0.2) is 7.11 Å². The van der Waals surface area contributed by atoms with Gasteiger partial charge in [0, 0.05) is 6.04 Å². The quantitative estimate of drug-likeness (QED) is 0.846. The van der Waals surface area contributed by atoms with E-state index in [0.717, 1.165) is 15.8 Å². The van der Waals surface area contributed by atoms with Crippen molar-refractivity contribution in [3.63, 3.8) is 0 Å². The Morgan fingerprint density at radius 2 is 2.17 bits per heavy atom. The molecule has 0 heterocycles. The first kappa shape index (κ1) is 9.55. The van der Waals surface area contributed by atoms with E-state index < -0.39 is 0 Å². The number of methoxy groups -OCH3 is 1. The summed E-state index contributed by atoms with van der Waals surface area (Å²) in [5, 5.41) is 0. The molecule has 0 aliphatic rings. The SMILES string of the molecule is COc1cccc([C@H](C)N)c1Br. The molecule has 0 unspecified atom stereocenters. The molecule has 12 heavy (non-hydrogen) atoms. The molecule has 1 aromatic rings. The number of halogens is 1. The van der Waals surface area contributed by atoms with E-state index in [0.29, 0.717) is 0 Å². The first-order chi connectivity index (χ1) is 5.66. The summed E-state index contributed by atoms with van der Waals surface area (Å²) in [6.45, 7) is 1.94. The third kappa shape index (κ3) is 1.79. The Morgan fingerprint density at radius 3 is 2.67 bits per heavy atom. The van der Waals surface area contributed by atoms with E-state index in [1.807, 2.05) is 25.1 Å². The monoisotopic (exact) mass is 229 g/mol. The molecule has 0 saturated carbocycles. The summed E-state index contributed by atoms with van der Waals surface area (Å²) in [7, 11) is 1.64. The molecular formula is C9H12BrNO. The van der Waals surface area contributed by atoms with Gasteiger partial charge in [0.1, 0.15) is 5.75 Å². The van der Waals surface area contributed by atoms with Crippen LogP contribution in [0.1, 0.15) is 18.5 Å². The van der Waals surface area contributed by atoms with Crippen molar-refractivity contribution in [2.24, 2.45) is 5.73 Å². The molecule has 0 bridgehead atoms. The minimum atomic E-state index is 0.0227. The molecule has 3 heteroatoms. The Morgan fingerprint density at radius 1 is 1.50 bits per heavy atom. The standard InChI is InChI=1S/C9H12BrNO/c1-6(11)7-4-3-5-8(12-2)9(7)10/h3-6H,11H2,1-2H3/t6-/m0/s1. The Labute approximate surface area is 80.8 Å². The number of hydrogen-bond acceptors (Lipinski definition) is 2. The lowest BCUT2D eigenvalue weighted by atomic mass is 10.1. The molecular weight excluding hydrogens is 218 g/mol. The van der Waals surface area contributed by atoms with E-state index in [-0.39, 0.29) is 6.04 Å². The minimum absolute atomic E-state index is 0.0227. The molecule has 2 N–H and O–H groups in total. The van der Waals surface area contributed by atoms with Gasteiger partial charge in [-0.25, -0.2) is 0 Å². The van der Waals surface area contributed by atoms with Crippen molar-refractivity contribution < 1.29 is 4.74 Å². The fourth-order valence-corrected chi connectivity index (χ4v) is 1.82. The maximum atomic E-state index is 5.75. The topological polar surface area (TPSA) is 35.2 Å². The zero-order chi connectivity index (χ0) is 9.14. The third-order valence-corrected chi connectivity index (χ3v) is 2.55. The predicted molar refractivity (Wildman–Crippen MR) is 53.3 cm³/mol. The highest BCUT2D eigenvalue weighted by Crippen LogP contribution is 2.30. The second kappa shape index (κ2) is 3.92. The molecule has 0 radical (unpaired) electrons. The summed E-state index contributed by atoms with van der Waals surface area (Å²) in [6, 6.07) is 5.84. The minimum Gasteiger partial charge on any atom is -0.496 e. The second-order valence-corrected chi connectivity index (χ2v) is 3.45. The fourth-order valence-electron chi connectivity index (χ4n) is 1.04. The zero-order valence-electron chi connectivity index (χ0n) is 7.17. The summed E-state index contributed by atoms with van der Waals surface area (Å²) in [4.78, 5) is 0. The summed E-state index contributed by atoms with van der Waals surface area (Å²) >= 11 is 3.44. The van der Waals surface area contributed by atoms with Crippen molar-refractivity contribution in [2.45, 2.75) is 13.0 Å². The van der Waals surface area contributed by atoms with Crippen molar-refractivity contribution in [3.8, 4) is 5.75 Å². The molecule has 66 valence electrons. The van der Waals surface area contributed by atoms with Gasteiger partial charge in [-0.3, -0.25) is 0 Å². The molecule has 0 aliphatic carbocycles. The first-order valence-corrected chi connectivity index (χ1v) is 4.54. The van der Waals surface area contributed by atoms with Gasteiger partial charge in [-0.1, -0.05) is 12.1 Å². The number of nitrogens with two attached hydrogens (primary N) is 1. The van der Waals surface area contributed by atoms with E-state index in [1.165, 1.54) is 0 Å². The molecule has 1 atom stereocenters. The molecule has 0 aliphatic heterocycles. The zero-order valence-corrected chi connectivity index (χ0v) is 8.76. The second-order valence-electron chi connectivity index (χ2n) is 2.65. The van der Waals surface area contributed by atoms with Crippen LogP contribution >= 0.6 is 15.9 Å². The molecule has 0 saturated heterocycles. The fraction of sp³-hybridized carbons (Fsp3) is 0.333. The van der Waals surface area contributed by atoms with E-state index >= 15 is 0 Å². The highest BCUT2D eigenvalue weighted by Gasteiger charge is 2.08. The van der Waals surface area contributed by atoms with E-state index in [2.05, 4.69) is 15.9 Å². The third-order valence-electron chi connectivity index (χ3n) is 1.70. The van der Waals surface area contributed by atoms with Crippen molar-refractivity contribution in [2.75, 3.05) is 7.11 Å². The summed E-state index contributed by atoms with van der Waals surface area (Å²) in [6.07, 6.45) is 0. The van der Waals surface area contributed by atoms with Crippen LogP contribution in [0.2, 0.25) is 0 Å². The van der Waals surface area contributed by atoms with Crippen molar-refractivity contribution in [1.29, 1.82) is 0 Å². The largest absolute Gasteiger partial charge is 0.496 e. The number of rotatable bonds is 2. The molecule has 0 amide bonds. The average Bonchev–Trinajstić information content (AvgIpc) is 2.04. The highest BCUT2D eigenvalue weighted by atomic mass is 79.9. The number of hydrogen-bond donors (Lipinski definition) is 1. The lowest BCUT2D eigenvalue weighted by Gasteiger charge is -2.11. The van der Waals surface area contributed by atoms with Crippen LogP contribution in [0.15, 0.2) is 22.7 Å². The lowest BCUT2D eigenvalue weighted by molar-refractivity contribution is 0.411. The first-order valence-electron chi connectivity index (χ1n) is 3.74. The van der Waals surface area contributed by atoms with Gasteiger partial charge in [-0.15, -0.1) is 0 Å². The normalized spacial score (nSPS) is 12.7. The van der Waals surface area contributed by atoms with E-state index in [4.69, 9.17) is 10.5 Å². The van der Waals surface area contributed by atoms with Crippen molar-refractivity contribution in [3.05, 3.63) is 28.2 Å². The van der Waals surface area contributed by atoms with Crippen LogP contribution in [0.5, 0.6) is 5.75 Å². The Hall–Kier alpha value is -0.540. The molecule has 1 rings (SSSR count). The Balaban J connectivity index is 3.14. The van der Waals surface area contributed by atoms with Crippen LogP contribution in [-0.2, 0) is 0 Å². The number of benzene rings is 1. The van der Waals surface area contributed by atoms with Crippen LogP contribution < -0.4 is 10.5 Å². The van der Waals surface area contributed by atoms with E-state index in [1.54, 1.807) is 7.11 Å². The smallest absolute Gasteiger partial charge is 0.133 e. The van der Waals surface area contributed by atoms with Gasteiger partial charge in [0.05, 0.1) is 11.6 Å². The van der Waals surface area contributed by atoms with Gasteiger partial charge < -0.3 is 10.5 Å². The Bertz CT molecular complexity index is 273. The van der Waals surface area contributed by atoms with Crippen molar-refractivity contribution in [1.82, 2.24) is 0 Å². The highest BCUT2D eigenvalue weighted by molar-refractivity contribution is 9.10. The van der Waals surface area contributed by atoms with Gasteiger partial charge in [-0.05, 0) is 34.5 Å². The summed E-state index contributed by atoms with van der Waals surface area (Å²) in [5.41, 5.74) is 6.82. The average molecular weight is 230 g/mol. The molecule has 0 fully saturated rings. The molecule has 0 spiro atoms. The van der Waals surface area contributed by atoms with Gasteiger partial charge in [0.25, 0.3) is 0 Å². The van der Waals surface area contributed by atoms with Gasteiger partial charge >= 0.3 is 0 Å². The van der Waals surface area contributed by atoms with Crippen LogP contribution in [0.25, 0.3) is 0 Å². The predicted octanol–water partition coefficient (Wildman–Crippen LogP) is 2.48. The van der Waals surface area contributed by atoms with Gasteiger partial charge in [0.2, 0.25) is 0 Å². The summed E-state index contributed by atoms with van der Waals surface area (Å²) in [5.74, 6) is 0.824.